The Morgan fingerprint density at radius 2 is 1.95 bits per heavy atom. The largest absolute Gasteiger partial charge is 0.320 e. The van der Waals surface area contributed by atoms with E-state index in [1.54, 1.807) is 13.0 Å². The number of carbonyl (C=O) groups is 1. The van der Waals surface area contributed by atoms with E-state index in [1.807, 2.05) is 22.9 Å². The van der Waals surface area contributed by atoms with Crippen molar-refractivity contribution >= 4 is 5.78 Å². The van der Waals surface area contributed by atoms with Crippen LogP contribution in [0, 0.1) is 18.2 Å². The average Bonchev–Trinajstić information content (AvgIpc) is 2.75. The third-order valence-corrected chi connectivity index (χ3v) is 4.00. The highest BCUT2D eigenvalue weighted by Gasteiger charge is 2.33. The Hall–Kier alpha value is -1.90. The molecule has 0 spiro atoms. The summed E-state index contributed by atoms with van der Waals surface area (Å²) in [5.41, 5.74) is 3.36. The molecule has 0 unspecified atom stereocenters. The van der Waals surface area contributed by atoms with Crippen molar-refractivity contribution in [1.82, 2.24) is 4.57 Å². The fraction of sp³-hybridized carbons (Fsp3) is 0.353. The molecule has 0 fully saturated rings. The molecule has 0 atom stereocenters. The number of aryl methyl sites for hydroxylation is 1. The van der Waals surface area contributed by atoms with Gasteiger partial charge in [0.2, 0.25) is 0 Å². The third-order valence-electron chi connectivity index (χ3n) is 4.00. The molecule has 1 aliphatic carbocycles. The van der Waals surface area contributed by atoms with Crippen LogP contribution in [0.2, 0.25) is 0 Å². The molecule has 1 heterocycles. The first kappa shape index (κ1) is 13.1. The molecule has 2 nitrogen and oxygen atoms in total. The molecule has 104 valence electrons. The lowest BCUT2D eigenvalue weighted by Gasteiger charge is -2.29. The van der Waals surface area contributed by atoms with Gasteiger partial charge in [-0.05, 0) is 48.6 Å². The summed E-state index contributed by atoms with van der Waals surface area (Å²) in [5.74, 6) is 0.0000126. The summed E-state index contributed by atoms with van der Waals surface area (Å²) in [6.45, 7) is 5.98. The molecule has 0 radical (unpaired) electrons. The first-order valence-electron chi connectivity index (χ1n) is 6.87. The number of ketones is 1. The van der Waals surface area contributed by atoms with Crippen LogP contribution < -0.4 is 0 Å². The number of Topliss-reactive ketones (excluding diaryl/α,β-unsaturated/α-hetero) is 1. The van der Waals surface area contributed by atoms with Gasteiger partial charge in [-0.2, -0.15) is 0 Å². The number of fused-ring (bicyclic) bond motifs is 1. The van der Waals surface area contributed by atoms with Crippen molar-refractivity contribution in [2.75, 3.05) is 0 Å². The van der Waals surface area contributed by atoms with Gasteiger partial charge in [-0.1, -0.05) is 13.8 Å². The van der Waals surface area contributed by atoms with Gasteiger partial charge in [0.15, 0.2) is 5.78 Å². The standard InChI is InChI=1S/C17H18FNO/c1-11-8-12(4-5-14(11)18)19-7-6-13-15(19)9-17(2,3)10-16(13)20/h4-8H,9-10H2,1-3H3. The van der Waals surface area contributed by atoms with Crippen molar-refractivity contribution in [2.24, 2.45) is 5.41 Å². The molecular weight excluding hydrogens is 253 g/mol. The zero-order valence-corrected chi connectivity index (χ0v) is 12.0. The quantitative estimate of drug-likeness (QED) is 0.766. The number of hydrogen-bond donors (Lipinski definition) is 0. The molecule has 1 aromatic carbocycles. The van der Waals surface area contributed by atoms with E-state index in [4.69, 9.17) is 0 Å². The summed E-state index contributed by atoms with van der Waals surface area (Å²) in [4.78, 5) is 12.2. The second-order valence-corrected chi connectivity index (χ2v) is 6.42. The van der Waals surface area contributed by atoms with E-state index in [9.17, 15) is 9.18 Å². The van der Waals surface area contributed by atoms with Crippen molar-refractivity contribution in [3.8, 4) is 5.69 Å². The van der Waals surface area contributed by atoms with Crippen molar-refractivity contribution in [2.45, 2.75) is 33.6 Å². The lowest BCUT2D eigenvalue weighted by molar-refractivity contribution is 0.0911. The van der Waals surface area contributed by atoms with Crippen LogP contribution in [0.3, 0.4) is 0 Å². The van der Waals surface area contributed by atoms with Gasteiger partial charge < -0.3 is 4.57 Å². The van der Waals surface area contributed by atoms with Crippen LogP contribution in [-0.2, 0) is 6.42 Å². The van der Waals surface area contributed by atoms with Crippen LogP contribution in [0.1, 0.15) is 41.9 Å². The van der Waals surface area contributed by atoms with Crippen molar-refractivity contribution in [3.63, 3.8) is 0 Å². The Labute approximate surface area is 118 Å². The summed E-state index contributed by atoms with van der Waals surface area (Å²) in [7, 11) is 0. The van der Waals surface area contributed by atoms with E-state index in [0.717, 1.165) is 23.4 Å². The van der Waals surface area contributed by atoms with Crippen LogP contribution in [-0.4, -0.2) is 10.4 Å². The Balaban J connectivity index is 2.13. The second kappa shape index (κ2) is 4.30. The molecule has 20 heavy (non-hydrogen) atoms. The number of carbonyl (C=O) groups excluding carboxylic acids is 1. The van der Waals surface area contributed by atoms with Crippen molar-refractivity contribution < 1.29 is 9.18 Å². The summed E-state index contributed by atoms with van der Waals surface area (Å²) in [6.07, 6.45) is 3.36. The number of rotatable bonds is 1. The van der Waals surface area contributed by atoms with Gasteiger partial charge in [0, 0.05) is 29.6 Å². The Morgan fingerprint density at radius 1 is 1.20 bits per heavy atom. The molecule has 2 aromatic rings. The highest BCUT2D eigenvalue weighted by Crippen LogP contribution is 2.36. The maximum absolute atomic E-state index is 13.4. The lowest BCUT2D eigenvalue weighted by Crippen LogP contribution is -2.27. The first-order valence-corrected chi connectivity index (χ1v) is 6.87. The minimum atomic E-state index is -0.203. The predicted octanol–water partition coefficient (Wildman–Crippen LogP) is 4.08. The summed E-state index contributed by atoms with van der Waals surface area (Å²) < 4.78 is 15.4. The van der Waals surface area contributed by atoms with Crippen LogP contribution in [0.4, 0.5) is 4.39 Å². The van der Waals surface area contributed by atoms with Gasteiger partial charge in [-0.15, -0.1) is 0 Å². The van der Waals surface area contributed by atoms with Gasteiger partial charge in [0.05, 0.1) is 0 Å². The summed E-state index contributed by atoms with van der Waals surface area (Å²) in [6, 6.07) is 6.94. The maximum Gasteiger partial charge on any atom is 0.165 e. The van der Waals surface area contributed by atoms with E-state index >= 15 is 0 Å². The van der Waals surface area contributed by atoms with Crippen molar-refractivity contribution in [1.29, 1.82) is 0 Å². The number of aromatic nitrogens is 1. The topological polar surface area (TPSA) is 22.0 Å². The zero-order valence-electron chi connectivity index (χ0n) is 12.0. The molecule has 0 saturated heterocycles. The minimum Gasteiger partial charge on any atom is -0.320 e. The van der Waals surface area contributed by atoms with E-state index in [2.05, 4.69) is 13.8 Å². The van der Waals surface area contributed by atoms with Gasteiger partial charge in [-0.25, -0.2) is 4.39 Å². The second-order valence-electron chi connectivity index (χ2n) is 6.42. The van der Waals surface area contributed by atoms with Crippen LogP contribution in [0.5, 0.6) is 0 Å². The monoisotopic (exact) mass is 271 g/mol. The smallest absolute Gasteiger partial charge is 0.165 e. The number of hydrogen-bond acceptors (Lipinski definition) is 1. The summed E-state index contributed by atoms with van der Waals surface area (Å²) in [5, 5.41) is 0. The van der Waals surface area contributed by atoms with E-state index in [-0.39, 0.29) is 17.0 Å². The molecular formula is C17H18FNO. The molecule has 3 rings (SSSR count). The molecule has 0 bridgehead atoms. The highest BCUT2D eigenvalue weighted by molar-refractivity contribution is 5.99. The van der Waals surface area contributed by atoms with Crippen LogP contribution >= 0.6 is 0 Å². The molecule has 0 N–H and O–H groups in total. The van der Waals surface area contributed by atoms with E-state index in [0.29, 0.717) is 12.0 Å². The van der Waals surface area contributed by atoms with Crippen molar-refractivity contribution in [3.05, 3.63) is 53.1 Å². The normalized spacial score (nSPS) is 17.1. The lowest BCUT2D eigenvalue weighted by atomic mass is 9.76. The molecule has 0 aliphatic heterocycles. The average molecular weight is 271 g/mol. The van der Waals surface area contributed by atoms with E-state index < -0.39 is 0 Å². The SMILES string of the molecule is Cc1cc(-n2ccc3c2CC(C)(C)CC3=O)ccc1F. The molecule has 1 aliphatic rings. The Kier molecular flexibility index (Phi) is 2.82. The molecule has 3 heteroatoms. The maximum atomic E-state index is 13.4. The summed E-state index contributed by atoms with van der Waals surface area (Å²) >= 11 is 0. The fourth-order valence-corrected chi connectivity index (χ4v) is 2.97. The molecule has 0 amide bonds. The number of halogens is 1. The third kappa shape index (κ3) is 2.07. The van der Waals surface area contributed by atoms with Gasteiger partial charge in [-0.3, -0.25) is 4.79 Å². The molecule has 1 aromatic heterocycles. The fourth-order valence-electron chi connectivity index (χ4n) is 2.97. The Morgan fingerprint density at radius 3 is 2.65 bits per heavy atom. The van der Waals surface area contributed by atoms with E-state index in [1.165, 1.54) is 6.07 Å². The predicted molar refractivity (Wildman–Crippen MR) is 76.9 cm³/mol. The van der Waals surface area contributed by atoms with Gasteiger partial charge in [0.1, 0.15) is 5.82 Å². The zero-order chi connectivity index (χ0) is 14.5. The highest BCUT2D eigenvalue weighted by atomic mass is 19.1. The van der Waals surface area contributed by atoms with Crippen LogP contribution in [0.15, 0.2) is 30.5 Å². The Bertz CT molecular complexity index is 697. The first-order chi connectivity index (χ1) is 9.37. The molecule has 0 saturated carbocycles. The van der Waals surface area contributed by atoms with Gasteiger partial charge in [0.25, 0.3) is 0 Å². The minimum absolute atomic E-state index is 0.0186. The number of nitrogens with zero attached hydrogens (tertiary/aromatic N) is 1. The number of benzene rings is 1. The van der Waals surface area contributed by atoms with Crippen LogP contribution in [0.25, 0.3) is 5.69 Å². The van der Waals surface area contributed by atoms with Gasteiger partial charge >= 0.3 is 0 Å².